The van der Waals surface area contributed by atoms with Crippen LogP contribution in [0.25, 0.3) is 0 Å². The number of amides is 1. The first-order valence-corrected chi connectivity index (χ1v) is 9.36. The zero-order valence-corrected chi connectivity index (χ0v) is 13.2. The van der Waals surface area contributed by atoms with E-state index in [-0.39, 0.29) is 9.77 Å². The van der Waals surface area contributed by atoms with Crippen LogP contribution in [0.1, 0.15) is 41.8 Å². The Kier molecular flexibility index (Phi) is 4.38. The maximum absolute atomic E-state index is 12.2. The maximum atomic E-state index is 12.2. The van der Waals surface area contributed by atoms with Gasteiger partial charge in [-0.15, -0.1) is 11.3 Å². The minimum absolute atomic E-state index is 0.0747. The molecular formula is C13H17NO5S2. The molecule has 0 unspecified atom stereocenters. The number of carbonyl (C=O) groups excluding carboxylic acids is 1. The van der Waals surface area contributed by atoms with Crippen molar-refractivity contribution in [2.24, 2.45) is 0 Å². The van der Waals surface area contributed by atoms with Gasteiger partial charge in [-0.3, -0.25) is 4.79 Å². The minimum Gasteiger partial charge on any atom is -0.480 e. The Hall–Kier alpha value is -1.41. The fourth-order valence-electron chi connectivity index (χ4n) is 2.46. The molecular weight excluding hydrogens is 314 g/mol. The van der Waals surface area contributed by atoms with Crippen LogP contribution in [0.3, 0.4) is 0 Å². The molecule has 1 saturated carbocycles. The number of carboxylic acid groups (broad SMARTS) is 1. The highest BCUT2D eigenvalue weighted by molar-refractivity contribution is 7.90. The van der Waals surface area contributed by atoms with E-state index in [4.69, 9.17) is 0 Å². The molecule has 0 radical (unpaired) electrons. The van der Waals surface area contributed by atoms with Crippen LogP contribution in [0.4, 0.5) is 0 Å². The number of hydrogen-bond acceptors (Lipinski definition) is 5. The number of hydrogen-bond donors (Lipinski definition) is 2. The van der Waals surface area contributed by atoms with E-state index in [1.807, 2.05) is 0 Å². The van der Waals surface area contributed by atoms with Crippen LogP contribution in [0.2, 0.25) is 0 Å². The van der Waals surface area contributed by atoms with Gasteiger partial charge in [0.25, 0.3) is 5.91 Å². The van der Waals surface area contributed by atoms with E-state index >= 15 is 0 Å². The molecule has 116 valence electrons. The van der Waals surface area contributed by atoms with Crippen molar-refractivity contribution in [3.63, 3.8) is 0 Å². The van der Waals surface area contributed by atoms with Crippen LogP contribution in [0.5, 0.6) is 0 Å². The smallest absolute Gasteiger partial charge is 0.329 e. The molecule has 8 heteroatoms. The summed E-state index contributed by atoms with van der Waals surface area (Å²) in [7, 11) is -3.37. The van der Waals surface area contributed by atoms with Gasteiger partial charge >= 0.3 is 5.97 Å². The van der Waals surface area contributed by atoms with Crippen LogP contribution in [-0.4, -0.2) is 37.2 Å². The average molecular weight is 331 g/mol. The lowest BCUT2D eigenvalue weighted by molar-refractivity contribution is -0.145. The molecule has 2 rings (SSSR count). The second-order valence-electron chi connectivity index (χ2n) is 5.32. The molecule has 1 amide bonds. The Morgan fingerprint density at radius 1 is 1.29 bits per heavy atom. The lowest BCUT2D eigenvalue weighted by Gasteiger charge is -2.33. The first-order chi connectivity index (χ1) is 9.74. The highest BCUT2D eigenvalue weighted by Crippen LogP contribution is 2.29. The van der Waals surface area contributed by atoms with E-state index < -0.39 is 27.3 Å². The molecule has 1 fully saturated rings. The Morgan fingerprint density at radius 2 is 1.90 bits per heavy atom. The molecule has 0 spiro atoms. The maximum Gasteiger partial charge on any atom is 0.329 e. The zero-order chi connectivity index (χ0) is 15.7. The van der Waals surface area contributed by atoms with Crippen LogP contribution in [0.15, 0.2) is 16.3 Å². The van der Waals surface area contributed by atoms with Crippen molar-refractivity contribution >= 4 is 33.1 Å². The van der Waals surface area contributed by atoms with Crippen molar-refractivity contribution in [3.8, 4) is 0 Å². The van der Waals surface area contributed by atoms with Crippen molar-refractivity contribution in [2.45, 2.75) is 42.5 Å². The molecule has 0 atom stereocenters. The summed E-state index contributed by atoms with van der Waals surface area (Å²) in [6.07, 6.45) is 4.34. The number of carbonyl (C=O) groups is 2. The van der Waals surface area contributed by atoms with Gasteiger partial charge in [-0.1, -0.05) is 19.3 Å². The number of sulfone groups is 1. The van der Waals surface area contributed by atoms with Crippen LogP contribution >= 0.6 is 11.3 Å². The Morgan fingerprint density at radius 3 is 2.38 bits per heavy atom. The first-order valence-electron chi connectivity index (χ1n) is 6.59. The molecule has 6 nitrogen and oxygen atoms in total. The summed E-state index contributed by atoms with van der Waals surface area (Å²) in [5.74, 6) is -1.56. The number of thiophene rings is 1. The summed E-state index contributed by atoms with van der Waals surface area (Å²) in [6, 6.07) is 1.29. The standard InChI is InChI=1S/C13H17NO5S2/c1-21(18,19)9-7-10(20-8-9)11(15)14-13(12(16)17)5-3-2-4-6-13/h7-8H,2-6H2,1H3,(H,14,15)(H,16,17). The summed E-state index contributed by atoms with van der Waals surface area (Å²) in [6.45, 7) is 0. The third kappa shape index (κ3) is 3.44. The molecule has 1 aliphatic carbocycles. The quantitative estimate of drug-likeness (QED) is 0.874. The minimum atomic E-state index is -3.37. The van der Waals surface area contributed by atoms with Crippen LogP contribution < -0.4 is 5.32 Å². The third-order valence-corrected chi connectivity index (χ3v) is 5.87. The summed E-state index contributed by atoms with van der Waals surface area (Å²) in [5, 5.41) is 13.4. The Bertz CT molecular complexity index is 656. The van der Waals surface area contributed by atoms with Gasteiger partial charge in [0.15, 0.2) is 9.84 Å². The molecule has 0 aliphatic heterocycles. The predicted octanol–water partition coefficient (Wildman–Crippen LogP) is 1.67. The van der Waals surface area contributed by atoms with Crippen molar-refractivity contribution < 1.29 is 23.1 Å². The van der Waals surface area contributed by atoms with Gasteiger partial charge in [0.1, 0.15) is 5.54 Å². The highest BCUT2D eigenvalue weighted by Gasteiger charge is 2.41. The second-order valence-corrected chi connectivity index (χ2v) is 8.25. The van der Waals surface area contributed by atoms with Gasteiger partial charge in [0, 0.05) is 11.6 Å². The second kappa shape index (κ2) is 5.76. The zero-order valence-electron chi connectivity index (χ0n) is 11.6. The van der Waals surface area contributed by atoms with Crippen molar-refractivity contribution in [3.05, 3.63) is 16.3 Å². The lowest BCUT2D eigenvalue weighted by atomic mass is 9.81. The van der Waals surface area contributed by atoms with E-state index in [1.54, 1.807) is 0 Å². The number of carboxylic acids is 1. The molecule has 0 aromatic carbocycles. The van der Waals surface area contributed by atoms with Crippen molar-refractivity contribution in [2.75, 3.05) is 6.26 Å². The van der Waals surface area contributed by atoms with Crippen LogP contribution in [-0.2, 0) is 14.6 Å². The van der Waals surface area contributed by atoms with Gasteiger partial charge < -0.3 is 10.4 Å². The molecule has 21 heavy (non-hydrogen) atoms. The van der Waals surface area contributed by atoms with E-state index in [2.05, 4.69) is 5.32 Å². The number of rotatable bonds is 4. The van der Waals surface area contributed by atoms with Crippen molar-refractivity contribution in [1.82, 2.24) is 5.32 Å². The fourth-order valence-corrected chi connectivity index (χ4v) is 4.37. The van der Waals surface area contributed by atoms with Gasteiger partial charge in [0.05, 0.1) is 9.77 Å². The first kappa shape index (κ1) is 16.0. The molecule has 1 aromatic rings. The van der Waals surface area contributed by atoms with Crippen LogP contribution in [0, 0.1) is 0 Å². The Labute approximate surface area is 127 Å². The fraction of sp³-hybridized carbons (Fsp3) is 0.538. The molecule has 1 aliphatic rings. The van der Waals surface area contributed by atoms with E-state index in [1.165, 1.54) is 11.4 Å². The summed E-state index contributed by atoms with van der Waals surface area (Å²) >= 11 is 0.999. The normalized spacial score (nSPS) is 18.1. The molecule has 2 N–H and O–H groups in total. The van der Waals surface area contributed by atoms with Gasteiger partial charge in [-0.25, -0.2) is 13.2 Å². The average Bonchev–Trinajstić information content (AvgIpc) is 2.89. The van der Waals surface area contributed by atoms with Gasteiger partial charge in [-0.2, -0.15) is 0 Å². The Balaban J connectivity index is 2.20. The molecule has 0 saturated heterocycles. The van der Waals surface area contributed by atoms with Crippen molar-refractivity contribution in [1.29, 1.82) is 0 Å². The topological polar surface area (TPSA) is 101 Å². The SMILES string of the molecule is CS(=O)(=O)c1csc(C(=O)NC2(C(=O)O)CCCCC2)c1. The highest BCUT2D eigenvalue weighted by atomic mass is 32.2. The van der Waals surface area contributed by atoms with E-state index in [0.29, 0.717) is 12.8 Å². The molecule has 1 aromatic heterocycles. The monoisotopic (exact) mass is 331 g/mol. The summed E-state index contributed by atoms with van der Waals surface area (Å²) in [5.41, 5.74) is -1.23. The summed E-state index contributed by atoms with van der Waals surface area (Å²) < 4.78 is 22.8. The summed E-state index contributed by atoms with van der Waals surface area (Å²) in [4.78, 5) is 24.0. The molecule has 1 heterocycles. The van der Waals surface area contributed by atoms with E-state index in [9.17, 15) is 23.1 Å². The van der Waals surface area contributed by atoms with E-state index in [0.717, 1.165) is 36.9 Å². The van der Waals surface area contributed by atoms with Gasteiger partial charge in [-0.05, 0) is 18.9 Å². The third-order valence-electron chi connectivity index (χ3n) is 3.70. The molecule has 0 bridgehead atoms. The van der Waals surface area contributed by atoms with Gasteiger partial charge in [0.2, 0.25) is 0 Å². The number of nitrogens with one attached hydrogen (secondary N) is 1. The predicted molar refractivity (Wildman–Crippen MR) is 78.3 cm³/mol. The lowest BCUT2D eigenvalue weighted by Crippen LogP contribution is -2.55. The largest absolute Gasteiger partial charge is 0.480 e. The number of aliphatic carboxylic acids is 1.